The summed E-state index contributed by atoms with van der Waals surface area (Å²) in [5, 5.41) is 9.90. The third-order valence-electron chi connectivity index (χ3n) is 3.51. The van der Waals surface area contributed by atoms with Crippen LogP contribution in [-0.4, -0.2) is 46.0 Å². The second-order valence-corrected chi connectivity index (χ2v) is 5.36. The number of amides is 1. The number of para-hydroxylation sites is 1. The lowest BCUT2D eigenvalue weighted by Crippen LogP contribution is -2.39. The Hall–Kier alpha value is -2.63. The molecule has 1 amide bonds. The summed E-state index contributed by atoms with van der Waals surface area (Å²) in [4.78, 5) is 24.3. The van der Waals surface area contributed by atoms with Gasteiger partial charge in [0.2, 0.25) is 5.91 Å². The molecule has 2 aromatic rings. The van der Waals surface area contributed by atoms with Crippen LogP contribution in [0.1, 0.15) is 18.9 Å². The second kappa shape index (κ2) is 8.12. The zero-order chi connectivity index (χ0) is 16.7. The zero-order valence-electron chi connectivity index (χ0n) is 13.5. The van der Waals surface area contributed by atoms with Gasteiger partial charge in [-0.3, -0.25) is 9.78 Å². The first-order chi connectivity index (χ1) is 11.1. The monoisotopic (exact) mass is 314 g/mol. The number of nitrogens with zero attached hydrogens (tertiary/aromatic N) is 4. The highest BCUT2D eigenvalue weighted by Crippen LogP contribution is 2.18. The molecular weight excluding hydrogens is 292 g/mol. The molecule has 0 spiro atoms. The first-order valence-electron chi connectivity index (χ1n) is 7.63. The fraction of sp³-hybridized carbons (Fsp3) is 0.353. The number of carbonyl (C=O) groups is 1. The largest absolute Gasteiger partial charge is 0.508 e. The Morgan fingerprint density at radius 3 is 2.70 bits per heavy atom. The summed E-state index contributed by atoms with van der Waals surface area (Å²) in [7, 11) is 1.81. The van der Waals surface area contributed by atoms with Gasteiger partial charge in [0, 0.05) is 38.1 Å². The van der Waals surface area contributed by atoms with Crippen LogP contribution < -0.4 is 4.90 Å². The fourth-order valence-electron chi connectivity index (χ4n) is 2.28. The highest BCUT2D eigenvalue weighted by atomic mass is 16.3. The highest BCUT2D eigenvalue weighted by molar-refractivity contribution is 5.81. The molecule has 6 heteroatoms. The number of phenolic OH excluding ortho intramolecular Hbond substituents is 1. The van der Waals surface area contributed by atoms with Crippen LogP contribution in [-0.2, 0) is 11.3 Å². The molecule has 1 heterocycles. The van der Waals surface area contributed by atoms with E-state index in [2.05, 4.69) is 9.97 Å². The number of likely N-dealkylation sites (N-methyl/N-ethyl adjacent to an activating group) is 1. The minimum atomic E-state index is -0.0109. The maximum absolute atomic E-state index is 12.6. The lowest BCUT2D eigenvalue weighted by molar-refractivity contribution is -0.130. The maximum atomic E-state index is 12.6. The topological polar surface area (TPSA) is 69.6 Å². The number of phenols is 1. The van der Waals surface area contributed by atoms with E-state index >= 15 is 0 Å². The van der Waals surface area contributed by atoms with Crippen molar-refractivity contribution < 1.29 is 9.90 Å². The number of aromatic hydroxyl groups is 1. The van der Waals surface area contributed by atoms with E-state index in [1.165, 1.54) is 0 Å². The molecule has 1 N–H and O–H groups in total. The van der Waals surface area contributed by atoms with Crippen LogP contribution in [0.25, 0.3) is 0 Å². The molecule has 0 aliphatic heterocycles. The van der Waals surface area contributed by atoms with Gasteiger partial charge in [0.25, 0.3) is 0 Å². The van der Waals surface area contributed by atoms with E-state index in [9.17, 15) is 9.90 Å². The summed E-state index contributed by atoms with van der Waals surface area (Å²) in [6.45, 7) is 3.28. The van der Waals surface area contributed by atoms with Gasteiger partial charge in [0.1, 0.15) is 11.6 Å². The van der Waals surface area contributed by atoms with Gasteiger partial charge in [-0.05, 0) is 12.5 Å². The standard InChI is InChI=1S/C17H22N4O2/c1-3-10-21(12-14-6-4-5-7-15(14)22)17(23)13-20(2)16-11-18-8-9-19-16/h4-9,11,22H,3,10,12-13H2,1-2H3. The Morgan fingerprint density at radius 1 is 1.26 bits per heavy atom. The normalized spacial score (nSPS) is 10.3. The van der Waals surface area contributed by atoms with Crippen molar-refractivity contribution in [2.75, 3.05) is 25.0 Å². The Morgan fingerprint density at radius 2 is 2.04 bits per heavy atom. The average molecular weight is 314 g/mol. The number of hydrogen-bond donors (Lipinski definition) is 1. The Kier molecular flexibility index (Phi) is 5.91. The van der Waals surface area contributed by atoms with Crippen LogP contribution in [0.4, 0.5) is 5.82 Å². The van der Waals surface area contributed by atoms with Gasteiger partial charge in [-0.15, -0.1) is 0 Å². The molecule has 122 valence electrons. The maximum Gasteiger partial charge on any atom is 0.242 e. The fourth-order valence-corrected chi connectivity index (χ4v) is 2.28. The molecule has 0 fully saturated rings. The molecule has 0 unspecified atom stereocenters. The summed E-state index contributed by atoms with van der Waals surface area (Å²) in [6, 6.07) is 7.09. The highest BCUT2D eigenvalue weighted by Gasteiger charge is 2.17. The van der Waals surface area contributed by atoms with Gasteiger partial charge in [-0.2, -0.15) is 0 Å². The van der Waals surface area contributed by atoms with Gasteiger partial charge in [0.05, 0.1) is 12.7 Å². The Bertz CT molecular complexity index is 634. The molecule has 2 rings (SSSR count). The van der Waals surface area contributed by atoms with Crippen molar-refractivity contribution >= 4 is 11.7 Å². The molecule has 0 saturated carbocycles. The first-order valence-corrected chi connectivity index (χ1v) is 7.63. The molecule has 0 aliphatic rings. The van der Waals surface area contributed by atoms with Crippen molar-refractivity contribution in [3.63, 3.8) is 0 Å². The molecule has 1 aromatic heterocycles. The van der Waals surface area contributed by atoms with Gasteiger partial charge < -0.3 is 14.9 Å². The van der Waals surface area contributed by atoms with Crippen molar-refractivity contribution in [3.05, 3.63) is 48.4 Å². The predicted octanol–water partition coefficient (Wildman–Crippen LogP) is 2.06. The SMILES string of the molecule is CCCN(Cc1ccccc1O)C(=O)CN(C)c1cnccn1. The van der Waals surface area contributed by atoms with E-state index in [-0.39, 0.29) is 18.2 Å². The van der Waals surface area contributed by atoms with E-state index in [1.807, 2.05) is 26.1 Å². The van der Waals surface area contributed by atoms with Crippen molar-refractivity contribution in [3.8, 4) is 5.75 Å². The molecule has 0 bridgehead atoms. The molecular formula is C17H22N4O2. The number of carbonyl (C=O) groups excluding carboxylic acids is 1. The molecule has 0 radical (unpaired) electrons. The number of benzene rings is 1. The van der Waals surface area contributed by atoms with Crippen molar-refractivity contribution in [1.29, 1.82) is 0 Å². The van der Waals surface area contributed by atoms with Crippen molar-refractivity contribution in [2.45, 2.75) is 19.9 Å². The summed E-state index contributed by atoms with van der Waals surface area (Å²) in [5.74, 6) is 0.854. The molecule has 6 nitrogen and oxygen atoms in total. The number of aromatic nitrogens is 2. The minimum absolute atomic E-state index is 0.0109. The van der Waals surface area contributed by atoms with Crippen LogP contribution in [0.5, 0.6) is 5.75 Å². The predicted molar refractivity (Wildman–Crippen MR) is 89.1 cm³/mol. The van der Waals surface area contributed by atoms with Crippen molar-refractivity contribution in [2.24, 2.45) is 0 Å². The van der Waals surface area contributed by atoms with E-state index in [0.29, 0.717) is 18.9 Å². The van der Waals surface area contributed by atoms with E-state index in [4.69, 9.17) is 0 Å². The summed E-state index contributed by atoms with van der Waals surface area (Å²) in [6.07, 6.45) is 5.68. The third-order valence-corrected chi connectivity index (χ3v) is 3.51. The molecule has 23 heavy (non-hydrogen) atoms. The van der Waals surface area contributed by atoms with Gasteiger partial charge in [-0.1, -0.05) is 25.1 Å². The molecule has 0 atom stereocenters. The van der Waals surface area contributed by atoms with Crippen LogP contribution in [0, 0.1) is 0 Å². The lowest BCUT2D eigenvalue weighted by Gasteiger charge is -2.26. The van der Waals surface area contributed by atoms with Crippen LogP contribution >= 0.6 is 0 Å². The molecule has 1 aromatic carbocycles. The first kappa shape index (κ1) is 16.7. The van der Waals surface area contributed by atoms with E-state index in [0.717, 1.165) is 12.0 Å². The van der Waals surface area contributed by atoms with Gasteiger partial charge in [-0.25, -0.2) is 4.98 Å². The van der Waals surface area contributed by atoms with Crippen LogP contribution in [0.3, 0.4) is 0 Å². The summed E-state index contributed by atoms with van der Waals surface area (Å²) < 4.78 is 0. The number of anilines is 1. The molecule has 0 aliphatic carbocycles. The van der Waals surface area contributed by atoms with Crippen molar-refractivity contribution in [1.82, 2.24) is 14.9 Å². The quantitative estimate of drug-likeness (QED) is 0.847. The average Bonchev–Trinajstić information content (AvgIpc) is 2.57. The summed E-state index contributed by atoms with van der Waals surface area (Å²) >= 11 is 0. The Labute approximate surface area is 136 Å². The van der Waals surface area contributed by atoms with E-state index < -0.39 is 0 Å². The van der Waals surface area contributed by atoms with Crippen LogP contribution in [0.2, 0.25) is 0 Å². The van der Waals surface area contributed by atoms with E-state index in [1.54, 1.807) is 40.5 Å². The minimum Gasteiger partial charge on any atom is -0.508 e. The van der Waals surface area contributed by atoms with Gasteiger partial charge in [0.15, 0.2) is 0 Å². The lowest BCUT2D eigenvalue weighted by atomic mass is 10.2. The third kappa shape index (κ3) is 4.67. The second-order valence-electron chi connectivity index (χ2n) is 5.36. The number of hydrogen-bond acceptors (Lipinski definition) is 5. The van der Waals surface area contributed by atoms with Gasteiger partial charge >= 0.3 is 0 Å². The number of rotatable bonds is 7. The summed E-state index contributed by atoms with van der Waals surface area (Å²) in [5.41, 5.74) is 0.747. The smallest absolute Gasteiger partial charge is 0.242 e. The Balaban J connectivity index is 2.05. The zero-order valence-corrected chi connectivity index (χ0v) is 13.5. The molecule has 0 saturated heterocycles. The van der Waals surface area contributed by atoms with Crippen LogP contribution in [0.15, 0.2) is 42.9 Å².